The lowest BCUT2D eigenvalue weighted by Gasteiger charge is -2.07. The summed E-state index contributed by atoms with van der Waals surface area (Å²) in [5.41, 5.74) is 0.518. The second-order valence-corrected chi connectivity index (χ2v) is 3.47. The van der Waals surface area contributed by atoms with Gasteiger partial charge in [0, 0.05) is 7.05 Å². The predicted molar refractivity (Wildman–Crippen MR) is 66.0 cm³/mol. The van der Waals surface area contributed by atoms with Crippen molar-refractivity contribution in [1.29, 1.82) is 5.26 Å². The highest BCUT2D eigenvalue weighted by Crippen LogP contribution is 2.19. The van der Waals surface area contributed by atoms with Crippen LogP contribution in [0, 0.1) is 17.1 Å². The van der Waals surface area contributed by atoms with Crippen molar-refractivity contribution in [3.05, 3.63) is 42.0 Å². The Labute approximate surface area is 103 Å². The molecule has 0 bridgehead atoms. The van der Waals surface area contributed by atoms with Gasteiger partial charge in [-0.2, -0.15) is 5.26 Å². The Bertz CT molecular complexity index is 606. The first kappa shape index (κ1) is 11.8. The first-order chi connectivity index (χ1) is 8.72. The van der Waals surface area contributed by atoms with Crippen molar-refractivity contribution in [2.45, 2.75) is 0 Å². The van der Waals surface area contributed by atoms with Crippen LogP contribution < -0.4 is 10.6 Å². The number of aromatic nitrogens is 2. The average Bonchev–Trinajstić information content (AvgIpc) is 2.41. The molecular formula is C12H10FN5. The second kappa shape index (κ2) is 5.10. The molecule has 0 atom stereocenters. The molecule has 0 aliphatic heterocycles. The summed E-state index contributed by atoms with van der Waals surface area (Å²) >= 11 is 0. The van der Waals surface area contributed by atoms with Crippen molar-refractivity contribution >= 4 is 17.3 Å². The van der Waals surface area contributed by atoms with E-state index < -0.39 is 5.82 Å². The fourth-order valence-electron chi connectivity index (χ4n) is 1.37. The van der Waals surface area contributed by atoms with Crippen molar-refractivity contribution in [2.24, 2.45) is 0 Å². The smallest absolute Gasteiger partial charge is 0.151 e. The van der Waals surface area contributed by atoms with E-state index >= 15 is 0 Å². The minimum Gasteiger partial charge on any atom is -0.372 e. The molecule has 1 aromatic heterocycles. The minimum absolute atomic E-state index is 0.247. The molecule has 0 unspecified atom stereocenters. The van der Waals surface area contributed by atoms with Crippen LogP contribution in [0.4, 0.5) is 21.7 Å². The van der Waals surface area contributed by atoms with E-state index in [9.17, 15) is 4.39 Å². The van der Waals surface area contributed by atoms with E-state index in [1.165, 1.54) is 18.3 Å². The molecule has 0 saturated carbocycles. The summed E-state index contributed by atoms with van der Waals surface area (Å²) < 4.78 is 13.6. The quantitative estimate of drug-likeness (QED) is 0.865. The van der Waals surface area contributed by atoms with Crippen LogP contribution in [0.25, 0.3) is 0 Å². The third-order valence-electron chi connectivity index (χ3n) is 2.25. The lowest BCUT2D eigenvalue weighted by atomic mass is 10.2. The van der Waals surface area contributed by atoms with E-state index in [1.807, 2.05) is 6.07 Å². The Kier molecular flexibility index (Phi) is 3.34. The zero-order valence-corrected chi connectivity index (χ0v) is 9.61. The van der Waals surface area contributed by atoms with Gasteiger partial charge >= 0.3 is 0 Å². The number of benzene rings is 1. The predicted octanol–water partition coefficient (Wildman–Crippen LogP) is 2.27. The highest BCUT2D eigenvalue weighted by molar-refractivity contribution is 5.58. The lowest BCUT2D eigenvalue weighted by molar-refractivity contribution is 0.631. The average molecular weight is 243 g/mol. The zero-order chi connectivity index (χ0) is 13.0. The van der Waals surface area contributed by atoms with Crippen LogP contribution in [0.1, 0.15) is 5.56 Å². The fraction of sp³-hybridized carbons (Fsp3) is 0.0833. The van der Waals surface area contributed by atoms with Crippen molar-refractivity contribution in [2.75, 3.05) is 17.7 Å². The highest BCUT2D eigenvalue weighted by atomic mass is 19.1. The van der Waals surface area contributed by atoms with Gasteiger partial charge in [0.2, 0.25) is 0 Å². The molecule has 1 aromatic carbocycles. The van der Waals surface area contributed by atoms with Gasteiger partial charge in [0.15, 0.2) is 5.82 Å². The van der Waals surface area contributed by atoms with Gasteiger partial charge in [-0.15, -0.1) is 0 Å². The summed E-state index contributed by atoms with van der Waals surface area (Å²) in [7, 11) is 1.72. The number of anilines is 3. The van der Waals surface area contributed by atoms with E-state index in [-0.39, 0.29) is 11.3 Å². The number of rotatable bonds is 3. The maximum absolute atomic E-state index is 13.6. The molecule has 0 aliphatic rings. The number of halogens is 1. The van der Waals surface area contributed by atoms with Gasteiger partial charge in [0.05, 0.1) is 29.7 Å². The Morgan fingerprint density at radius 2 is 2.06 bits per heavy atom. The maximum atomic E-state index is 13.6. The first-order valence-electron chi connectivity index (χ1n) is 5.19. The molecule has 0 amide bonds. The highest BCUT2D eigenvalue weighted by Gasteiger charge is 2.05. The van der Waals surface area contributed by atoms with E-state index in [1.54, 1.807) is 13.2 Å². The SMILES string of the molecule is CNc1cncc(Nc2ccc(C#N)cc2F)n1. The summed E-state index contributed by atoms with van der Waals surface area (Å²) in [6.07, 6.45) is 3.04. The van der Waals surface area contributed by atoms with Crippen molar-refractivity contribution < 1.29 is 4.39 Å². The van der Waals surface area contributed by atoms with Gasteiger partial charge in [0.25, 0.3) is 0 Å². The molecule has 0 aliphatic carbocycles. The third kappa shape index (κ3) is 2.52. The van der Waals surface area contributed by atoms with Crippen molar-refractivity contribution in [3.8, 4) is 6.07 Å². The van der Waals surface area contributed by atoms with Gasteiger partial charge in [-0.3, -0.25) is 4.98 Å². The minimum atomic E-state index is -0.509. The van der Waals surface area contributed by atoms with Gasteiger partial charge in [-0.05, 0) is 18.2 Å². The Morgan fingerprint density at radius 1 is 1.28 bits per heavy atom. The molecule has 1 heterocycles. The number of hydrogen-bond acceptors (Lipinski definition) is 5. The summed E-state index contributed by atoms with van der Waals surface area (Å²) in [5.74, 6) is 0.491. The normalized spacial score (nSPS) is 9.61. The molecule has 2 aromatic rings. The van der Waals surface area contributed by atoms with E-state index in [0.29, 0.717) is 11.6 Å². The van der Waals surface area contributed by atoms with Gasteiger partial charge in [-0.1, -0.05) is 0 Å². The first-order valence-corrected chi connectivity index (χ1v) is 5.19. The summed E-state index contributed by atoms with van der Waals surface area (Å²) in [6.45, 7) is 0. The second-order valence-electron chi connectivity index (χ2n) is 3.47. The molecule has 90 valence electrons. The molecule has 0 fully saturated rings. The summed E-state index contributed by atoms with van der Waals surface area (Å²) in [6, 6.07) is 6.05. The zero-order valence-electron chi connectivity index (χ0n) is 9.61. The topological polar surface area (TPSA) is 73.6 Å². The van der Waals surface area contributed by atoms with Crippen LogP contribution in [0.3, 0.4) is 0 Å². The number of hydrogen-bond donors (Lipinski definition) is 2. The number of nitrogens with zero attached hydrogens (tertiary/aromatic N) is 3. The van der Waals surface area contributed by atoms with Crippen LogP contribution in [0.15, 0.2) is 30.6 Å². The third-order valence-corrected chi connectivity index (χ3v) is 2.25. The van der Waals surface area contributed by atoms with Crippen molar-refractivity contribution in [1.82, 2.24) is 9.97 Å². The van der Waals surface area contributed by atoms with Crippen LogP contribution >= 0.6 is 0 Å². The molecule has 6 heteroatoms. The molecule has 0 spiro atoms. The fourth-order valence-corrected chi connectivity index (χ4v) is 1.37. The molecule has 2 rings (SSSR count). The van der Waals surface area contributed by atoms with Gasteiger partial charge in [0.1, 0.15) is 11.6 Å². The standard InChI is InChI=1S/C12H10FN5/c1-15-11-6-16-7-12(18-11)17-10-3-2-8(5-14)4-9(10)13/h2-4,6-7H,1H3,(H2,15,17,18). The van der Waals surface area contributed by atoms with E-state index in [4.69, 9.17) is 5.26 Å². The Hall–Kier alpha value is -2.68. The van der Waals surface area contributed by atoms with Crippen molar-refractivity contribution in [3.63, 3.8) is 0 Å². The summed E-state index contributed by atoms with van der Waals surface area (Å²) in [5, 5.41) is 14.3. The van der Waals surface area contributed by atoms with Crippen LogP contribution in [0.2, 0.25) is 0 Å². The number of nitrogens with one attached hydrogen (secondary N) is 2. The van der Waals surface area contributed by atoms with E-state index in [0.717, 1.165) is 6.07 Å². The van der Waals surface area contributed by atoms with Crippen LogP contribution in [0.5, 0.6) is 0 Å². The van der Waals surface area contributed by atoms with E-state index in [2.05, 4.69) is 20.6 Å². The molecule has 2 N–H and O–H groups in total. The molecule has 18 heavy (non-hydrogen) atoms. The monoisotopic (exact) mass is 243 g/mol. The Balaban J connectivity index is 2.26. The maximum Gasteiger partial charge on any atom is 0.151 e. The lowest BCUT2D eigenvalue weighted by Crippen LogP contribution is -2.00. The largest absolute Gasteiger partial charge is 0.372 e. The van der Waals surface area contributed by atoms with Gasteiger partial charge in [-0.25, -0.2) is 9.37 Å². The molecule has 0 saturated heterocycles. The summed E-state index contributed by atoms with van der Waals surface area (Å²) in [4.78, 5) is 8.11. The van der Waals surface area contributed by atoms with Crippen LogP contribution in [-0.4, -0.2) is 17.0 Å². The molecule has 5 nitrogen and oxygen atoms in total. The number of nitriles is 1. The molecule has 0 radical (unpaired) electrons. The van der Waals surface area contributed by atoms with Gasteiger partial charge < -0.3 is 10.6 Å². The molecular weight excluding hydrogens is 233 g/mol. The Morgan fingerprint density at radius 3 is 2.72 bits per heavy atom. The van der Waals surface area contributed by atoms with Crippen LogP contribution in [-0.2, 0) is 0 Å².